The molecule has 0 saturated carbocycles. The summed E-state index contributed by atoms with van der Waals surface area (Å²) in [5.74, 6) is -0.398. The minimum absolute atomic E-state index is 0.0275. The van der Waals surface area contributed by atoms with Gasteiger partial charge in [0.05, 0.1) is 16.0 Å². The maximum Gasteiger partial charge on any atom is 0.416 e. The number of hydrogen-bond acceptors (Lipinski definition) is 4. The number of benzene rings is 2. The van der Waals surface area contributed by atoms with Gasteiger partial charge in [0.15, 0.2) is 9.84 Å². The average Bonchev–Trinajstić information content (AvgIpc) is 2.66. The molecule has 9 heteroatoms. The topological polar surface area (TPSA) is 57.7 Å². The third kappa shape index (κ3) is 4.30. The maximum absolute atomic E-state index is 12.9. The molecule has 0 spiro atoms. The highest BCUT2D eigenvalue weighted by Crippen LogP contribution is 2.32. The lowest BCUT2D eigenvalue weighted by Gasteiger charge is -2.36. The molecule has 0 radical (unpaired) electrons. The molecule has 150 valence electrons. The molecule has 3 rings (SSSR count). The molecule has 1 heterocycles. The summed E-state index contributed by atoms with van der Waals surface area (Å²) in [5.41, 5.74) is -0.165. The van der Waals surface area contributed by atoms with Crippen molar-refractivity contribution in [3.8, 4) is 0 Å². The summed E-state index contributed by atoms with van der Waals surface area (Å²) in [5, 5.41) is 0. The number of nitrogens with zero attached hydrogens (tertiary/aromatic N) is 2. The average molecular weight is 412 g/mol. The molecule has 5 nitrogen and oxygen atoms in total. The summed E-state index contributed by atoms with van der Waals surface area (Å²) in [6.45, 7) is 1.28. The van der Waals surface area contributed by atoms with E-state index >= 15 is 0 Å². The molecule has 0 N–H and O–H groups in total. The van der Waals surface area contributed by atoms with Crippen molar-refractivity contribution in [1.82, 2.24) is 4.90 Å². The second-order valence-corrected chi connectivity index (χ2v) is 8.58. The summed E-state index contributed by atoms with van der Waals surface area (Å²) in [6, 6.07) is 11.1. The van der Waals surface area contributed by atoms with Crippen molar-refractivity contribution < 1.29 is 26.4 Å². The van der Waals surface area contributed by atoms with Crippen LogP contribution in [0.2, 0.25) is 0 Å². The second-order valence-electron chi connectivity index (χ2n) is 6.60. The van der Waals surface area contributed by atoms with Crippen LogP contribution in [0.1, 0.15) is 15.9 Å². The van der Waals surface area contributed by atoms with E-state index in [1.165, 1.54) is 23.1 Å². The smallest absolute Gasteiger partial charge is 0.368 e. The maximum atomic E-state index is 12.9. The number of carbonyl (C=O) groups is 1. The Labute approximate surface area is 161 Å². The van der Waals surface area contributed by atoms with Crippen LogP contribution in [-0.4, -0.2) is 51.7 Å². The number of halogens is 3. The standard InChI is InChI=1S/C19H19F3N2O3S/c1-28(26,27)17-8-3-2-7-16(17)18(25)24-11-9-23(10-12-24)15-6-4-5-14(13-15)19(20,21)22/h2-8,13H,9-12H2,1H3. The summed E-state index contributed by atoms with van der Waals surface area (Å²) in [7, 11) is -3.55. The predicted molar refractivity (Wildman–Crippen MR) is 99.1 cm³/mol. The van der Waals surface area contributed by atoms with Gasteiger partial charge in [0.1, 0.15) is 0 Å². The molecular weight excluding hydrogens is 393 g/mol. The number of piperazine rings is 1. The van der Waals surface area contributed by atoms with E-state index in [9.17, 15) is 26.4 Å². The molecule has 0 unspecified atom stereocenters. The molecule has 0 aliphatic carbocycles. The molecule has 28 heavy (non-hydrogen) atoms. The highest BCUT2D eigenvalue weighted by Gasteiger charge is 2.31. The molecule has 0 bridgehead atoms. The van der Waals surface area contributed by atoms with E-state index < -0.39 is 27.5 Å². The third-order valence-electron chi connectivity index (χ3n) is 4.62. The van der Waals surface area contributed by atoms with Crippen LogP contribution in [0.3, 0.4) is 0 Å². The molecule has 0 aromatic heterocycles. The van der Waals surface area contributed by atoms with Crippen molar-refractivity contribution in [2.24, 2.45) is 0 Å². The van der Waals surface area contributed by atoms with Crippen LogP contribution < -0.4 is 4.90 Å². The largest absolute Gasteiger partial charge is 0.416 e. The van der Waals surface area contributed by atoms with Crippen LogP contribution in [0.25, 0.3) is 0 Å². The van der Waals surface area contributed by atoms with Crippen molar-refractivity contribution in [3.05, 3.63) is 59.7 Å². The lowest BCUT2D eigenvalue weighted by atomic mass is 10.1. The van der Waals surface area contributed by atoms with Crippen molar-refractivity contribution in [2.75, 3.05) is 37.3 Å². The van der Waals surface area contributed by atoms with Crippen molar-refractivity contribution in [1.29, 1.82) is 0 Å². The van der Waals surface area contributed by atoms with Gasteiger partial charge in [-0.1, -0.05) is 18.2 Å². The number of amides is 1. The zero-order chi connectivity index (χ0) is 20.5. The molecule has 0 atom stereocenters. The predicted octanol–water partition coefficient (Wildman–Crippen LogP) is 3.07. The van der Waals surface area contributed by atoms with Gasteiger partial charge in [0.2, 0.25) is 0 Å². The lowest BCUT2D eigenvalue weighted by Crippen LogP contribution is -2.49. The Morgan fingerprint density at radius 2 is 1.61 bits per heavy atom. The normalized spacial score (nSPS) is 15.6. The molecule has 1 aliphatic rings. The van der Waals surface area contributed by atoms with Gasteiger partial charge in [-0.3, -0.25) is 4.79 Å². The minimum atomic E-state index is -4.41. The quantitative estimate of drug-likeness (QED) is 0.778. The zero-order valence-electron chi connectivity index (χ0n) is 15.1. The van der Waals surface area contributed by atoms with E-state index in [1.54, 1.807) is 23.1 Å². The Balaban J connectivity index is 1.74. The molecule has 1 saturated heterocycles. The van der Waals surface area contributed by atoms with E-state index in [4.69, 9.17) is 0 Å². The van der Waals surface area contributed by atoms with E-state index in [0.29, 0.717) is 18.8 Å². The molecule has 1 aliphatic heterocycles. The van der Waals surface area contributed by atoms with Crippen LogP contribution >= 0.6 is 0 Å². The van der Waals surface area contributed by atoms with Crippen LogP contribution in [0.5, 0.6) is 0 Å². The Bertz CT molecular complexity index is 982. The van der Waals surface area contributed by atoms with E-state index in [0.717, 1.165) is 18.4 Å². The summed E-state index contributed by atoms with van der Waals surface area (Å²) in [6.07, 6.45) is -3.37. The van der Waals surface area contributed by atoms with Gasteiger partial charge in [0, 0.05) is 38.1 Å². The van der Waals surface area contributed by atoms with Crippen LogP contribution in [-0.2, 0) is 16.0 Å². The second kappa shape index (κ2) is 7.46. The highest BCUT2D eigenvalue weighted by atomic mass is 32.2. The van der Waals surface area contributed by atoms with Gasteiger partial charge < -0.3 is 9.80 Å². The fourth-order valence-corrected chi connectivity index (χ4v) is 4.06. The third-order valence-corrected chi connectivity index (χ3v) is 5.78. The van der Waals surface area contributed by atoms with Gasteiger partial charge in [0.25, 0.3) is 5.91 Å². The summed E-state index contributed by atoms with van der Waals surface area (Å²) < 4.78 is 62.6. The highest BCUT2D eigenvalue weighted by molar-refractivity contribution is 7.90. The molecule has 2 aromatic rings. The number of sulfone groups is 1. The fourth-order valence-electron chi connectivity index (χ4n) is 3.18. The van der Waals surface area contributed by atoms with Gasteiger partial charge >= 0.3 is 6.18 Å². The van der Waals surface area contributed by atoms with Crippen LogP contribution in [0.4, 0.5) is 18.9 Å². The van der Waals surface area contributed by atoms with Crippen LogP contribution in [0.15, 0.2) is 53.4 Å². The number of alkyl halides is 3. The lowest BCUT2D eigenvalue weighted by molar-refractivity contribution is -0.137. The number of carbonyl (C=O) groups excluding carboxylic acids is 1. The van der Waals surface area contributed by atoms with Gasteiger partial charge in [-0.2, -0.15) is 13.2 Å². The molecule has 2 aromatic carbocycles. The Morgan fingerprint density at radius 1 is 0.964 bits per heavy atom. The first-order valence-corrected chi connectivity index (χ1v) is 10.5. The van der Waals surface area contributed by atoms with Crippen molar-refractivity contribution in [2.45, 2.75) is 11.1 Å². The Hall–Kier alpha value is -2.55. The first-order valence-electron chi connectivity index (χ1n) is 8.58. The van der Waals surface area contributed by atoms with Gasteiger partial charge in [-0.05, 0) is 30.3 Å². The number of hydrogen-bond donors (Lipinski definition) is 0. The molecular formula is C19H19F3N2O3S. The van der Waals surface area contributed by atoms with Crippen LogP contribution in [0, 0.1) is 0 Å². The Kier molecular flexibility index (Phi) is 5.38. The number of rotatable bonds is 3. The zero-order valence-corrected chi connectivity index (χ0v) is 15.9. The monoisotopic (exact) mass is 412 g/mol. The summed E-state index contributed by atoms with van der Waals surface area (Å²) in [4.78, 5) is 16.1. The van der Waals surface area contributed by atoms with Gasteiger partial charge in [-0.25, -0.2) is 8.42 Å². The van der Waals surface area contributed by atoms with E-state index in [-0.39, 0.29) is 23.5 Å². The van der Waals surface area contributed by atoms with Crippen molar-refractivity contribution >= 4 is 21.4 Å². The number of anilines is 1. The molecule has 1 amide bonds. The van der Waals surface area contributed by atoms with E-state index in [2.05, 4.69) is 0 Å². The summed E-state index contributed by atoms with van der Waals surface area (Å²) >= 11 is 0. The van der Waals surface area contributed by atoms with E-state index in [1.807, 2.05) is 0 Å². The first-order chi connectivity index (χ1) is 13.1. The fraction of sp³-hybridized carbons (Fsp3) is 0.316. The molecule has 1 fully saturated rings. The Morgan fingerprint density at radius 3 is 2.21 bits per heavy atom. The SMILES string of the molecule is CS(=O)(=O)c1ccccc1C(=O)N1CCN(c2cccc(C(F)(F)F)c2)CC1. The first kappa shape index (κ1) is 20.2. The minimum Gasteiger partial charge on any atom is -0.368 e. The van der Waals surface area contributed by atoms with Gasteiger partial charge in [-0.15, -0.1) is 0 Å². The van der Waals surface area contributed by atoms with Crippen molar-refractivity contribution in [3.63, 3.8) is 0 Å².